The molecule has 2 amide bonds. The SMILES string of the molecule is Cc1cccc(C)c1NC(=O)CN(C)C(=O)c1[nH]c(C)c(C(=O)OC(C)C)c1C. The molecule has 29 heavy (non-hydrogen) atoms. The van der Waals surface area contributed by atoms with Crippen molar-refractivity contribution in [2.45, 2.75) is 47.6 Å². The zero-order valence-corrected chi connectivity index (χ0v) is 18.1. The Bertz CT molecular complexity index is 924. The summed E-state index contributed by atoms with van der Waals surface area (Å²) in [6.07, 6.45) is -0.258. The van der Waals surface area contributed by atoms with Crippen molar-refractivity contribution >= 4 is 23.5 Å². The van der Waals surface area contributed by atoms with Crippen molar-refractivity contribution in [3.8, 4) is 0 Å². The highest BCUT2D eigenvalue weighted by molar-refractivity contribution is 6.02. The van der Waals surface area contributed by atoms with Crippen LogP contribution < -0.4 is 5.32 Å². The van der Waals surface area contributed by atoms with E-state index in [4.69, 9.17) is 4.74 Å². The molecule has 0 unspecified atom stereocenters. The number of nitrogens with one attached hydrogen (secondary N) is 2. The number of benzene rings is 1. The van der Waals surface area contributed by atoms with E-state index in [-0.39, 0.29) is 30.2 Å². The Morgan fingerprint density at radius 2 is 1.69 bits per heavy atom. The molecule has 0 atom stereocenters. The molecule has 0 aliphatic heterocycles. The number of H-pyrrole nitrogens is 1. The van der Waals surface area contributed by atoms with Crippen molar-refractivity contribution in [2.75, 3.05) is 18.9 Å². The van der Waals surface area contributed by atoms with E-state index < -0.39 is 5.97 Å². The zero-order valence-electron chi connectivity index (χ0n) is 18.1. The number of para-hydroxylation sites is 1. The highest BCUT2D eigenvalue weighted by atomic mass is 16.5. The van der Waals surface area contributed by atoms with Gasteiger partial charge >= 0.3 is 5.97 Å². The molecule has 2 rings (SSSR count). The molecule has 156 valence electrons. The van der Waals surface area contributed by atoms with Gasteiger partial charge in [0.15, 0.2) is 0 Å². The molecule has 0 bridgehead atoms. The third-order valence-electron chi connectivity index (χ3n) is 4.67. The summed E-state index contributed by atoms with van der Waals surface area (Å²) < 4.78 is 5.26. The lowest BCUT2D eigenvalue weighted by Gasteiger charge is -2.18. The first kappa shape index (κ1) is 22.2. The number of aryl methyl sites for hydroxylation is 3. The minimum absolute atomic E-state index is 0.115. The summed E-state index contributed by atoms with van der Waals surface area (Å²) in [6.45, 7) is 10.7. The van der Waals surface area contributed by atoms with Crippen molar-refractivity contribution in [2.24, 2.45) is 0 Å². The molecule has 1 heterocycles. The number of anilines is 1. The van der Waals surface area contributed by atoms with Crippen molar-refractivity contribution in [1.82, 2.24) is 9.88 Å². The Kier molecular flexibility index (Phi) is 6.84. The van der Waals surface area contributed by atoms with Crippen LogP contribution in [0.3, 0.4) is 0 Å². The Hall–Kier alpha value is -3.09. The number of nitrogens with zero attached hydrogens (tertiary/aromatic N) is 1. The fourth-order valence-corrected chi connectivity index (χ4v) is 3.21. The van der Waals surface area contributed by atoms with Crippen molar-refractivity contribution in [1.29, 1.82) is 0 Å². The molecule has 0 aliphatic rings. The average Bonchev–Trinajstić information content (AvgIpc) is 2.91. The number of hydrogen-bond acceptors (Lipinski definition) is 4. The van der Waals surface area contributed by atoms with E-state index in [0.29, 0.717) is 16.8 Å². The molecule has 0 spiro atoms. The largest absolute Gasteiger partial charge is 0.459 e. The lowest BCUT2D eigenvalue weighted by molar-refractivity contribution is -0.116. The second-order valence-electron chi connectivity index (χ2n) is 7.56. The van der Waals surface area contributed by atoms with Crippen molar-refractivity contribution in [3.63, 3.8) is 0 Å². The third kappa shape index (κ3) is 5.04. The predicted octanol–water partition coefficient (Wildman–Crippen LogP) is 3.52. The fourth-order valence-electron chi connectivity index (χ4n) is 3.21. The van der Waals surface area contributed by atoms with Gasteiger partial charge in [-0.05, 0) is 58.2 Å². The molecule has 7 heteroatoms. The van der Waals surface area contributed by atoms with Crippen LogP contribution in [0, 0.1) is 27.7 Å². The number of rotatable bonds is 6. The van der Waals surface area contributed by atoms with Crippen LogP contribution in [0.25, 0.3) is 0 Å². The van der Waals surface area contributed by atoms with Crippen LogP contribution >= 0.6 is 0 Å². The summed E-state index contributed by atoms with van der Waals surface area (Å²) in [5.74, 6) is -1.13. The Morgan fingerprint density at radius 3 is 2.24 bits per heavy atom. The van der Waals surface area contributed by atoms with Gasteiger partial charge in [0.25, 0.3) is 5.91 Å². The summed E-state index contributed by atoms with van der Waals surface area (Å²) in [5.41, 5.74) is 4.37. The summed E-state index contributed by atoms with van der Waals surface area (Å²) in [6, 6.07) is 5.76. The van der Waals surface area contributed by atoms with Crippen LogP contribution in [0.15, 0.2) is 18.2 Å². The zero-order chi connectivity index (χ0) is 21.9. The summed E-state index contributed by atoms with van der Waals surface area (Å²) in [7, 11) is 1.55. The first-order valence-electron chi connectivity index (χ1n) is 9.54. The lowest BCUT2D eigenvalue weighted by Crippen LogP contribution is -2.35. The number of likely N-dealkylation sites (N-methyl/N-ethyl adjacent to an activating group) is 1. The highest BCUT2D eigenvalue weighted by Gasteiger charge is 2.26. The quantitative estimate of drug-likeness (QED) is 0.727. The molecule has 1 aromatic carbocycles. The van der Waals surface area contributed by atoms with E-state index >= 15 is 0 Å². The van der Waals surface area contributed by atoms with Gasteiger partial charge in [-0.1, -0.05) is 18.2 Å². The number of carbonyl (C=O) groups excluding carboxylic acids is 3. The van der Waals surface area contributed by atoms with Gasteiger partial charge in [0.05, 0.1) is 18.2 Å². The lowest BCUT2D eigenvalue weighted by atomic mass is 10.1. The van der Waals surface area contributed by atoms with E-state index in [1.54, 1.807) is 34.7 Å². The molecule has 2 aromatic rings. The number of aromatic nitrogens is 1. The molecular formula is C22H29N3O4. The first-order chi connectivity index (χ1) is 13.5. The highest BCUT2D eigenvalue weighted by Crippen LogP contribution is 2.22. The second-order valence-corrected chi connectivity index (χ2v) is 7.56. The number of hydrogen-bond donors (Lipinski definition) is 2. The second kappa shape index (κ2) is 8.94. The van der Waals surface area contributed by atoms with Gasteiger partial charge in [-0.2, -0.15) is 0 Å². The number of carbonyl (C=O) groups is 3. The molecule has 0 fully saturated rings. The van der Waals surface area contributed by atoms with E-state index in [0.717, 1.165) is 16.8 Å². The number of amides is 2. The normalized spacial score (nSPS) is 10.8. The molecule has 1 aromatic heterocycles. The summed E-state index contributed by atoms with van der Waals surface area (Å²) in [4.78, 5) is 41.9. The first-order valence-corrected chi connectivity index (χ1v) is 9.54. The third-order valence-corrected chi connectivity index (χ3v) is 4.67. The number of esters is 1. The minimum atomic E-state index is -0.472. The molecule has 0 saturated heterocycles. The maximum atomic E-state index is 12.9. The summed E-state index contributed by atoms with van der Waals surface area (Å²) >= 11 is 0. The predicted molar refractivity (Wildman–Crippen MR) is 112 cm³/mol. The van der Waals surface area contributed by atoms with E-state index in [1.807, 2.05) is 32.0 Å². The van der Waals surface area contributed by atoms with E-state index in [9.17, 15) is 14.4 Å². The van der Waals surface area contributed by atoms with Crippen molar-refractivity contribution in [3.05, 3.63) is 51.8 Å². The molecular weight excluding hydrogens is 370 g/mol. The standard InChI is InChI=1S/C22H29N3O4/c1-12(2)29-22(28)18-15(5)20(23-16(18)6)21(27)25(7)11-17(26)24-19-13(3)9-8-10-14(19)4/h8-10,12,23H,11H2,1-7H3,(H,24,26). The monoisotopic (exact) mass is 399 g/mol. The van der Waals surface area contributed by atoms with Crippen LogP contribution in [0.1, 0.15) is 57.1 Å². The maximum Gasteiger partial charge on any atom is 0.340 e. The summed E-state index contributed by atoms with van der Waals surface area (Å²) in [5, 5.41) is 2.87. The van der Waals surface area contributed by atoms with E-state index in [1.165, 1.54) is 4.90 Å². The van der Waals surface area contributed by atoms with Crippen LogP contribution in [0.2, 0.25) is 0 Å². The fraction of sp³-hybridized carbons (Fsp3) is 0.409. The van der Waals surface area contributed by atoms with Gasteiger partial charge in [-0.25, -0.2) is 4.79 Å². The van der Waals surface area contributed by atoms with Crippen LogP contribution in [-0.2, 0) is 9.53 Å². The number of ether oxygens (including phenoxy) is 1. The molecule has 7 nitrogen and oxygen atoms in total. The van der Waals surface area contributed by atoms with E-state index in [2.05, 4.69) is 10.3 Å². The van der Waals surface area contributed by atoms with Gasteiger partial charge in [0, 0.05) is 18.4 Å². The van der Waals surface area contributed by atoms with Crippen molar-refractivity contribution < 1.29 is 19.1 Å². The topological polar surface area (TPSA) is 91.5 Å². The molecule has 0 aliphatic carbocycles. The minimum Gasteiger partial charge on any atom is -0.459 e. The molecule has 2 N–H and O–H groups in total. The average molecular weight is 399 g/mol. The van der Waals surface area contributed by atoms with Gasteiger partial charge in [-0.15, -0.1) is 0 Å². The van der Waals surface area contributed by atoms with Crippen LogP contribution in [0.5, 0.6) is 0 Å². The Labute approximate surface area is 171 Å². The molecule has 0 radical (unpaired) electrons. The van der Waals surface area contributed by atoms with Gasteiger partial charge < -0.3 is 19.9 Å². The Balaban J connectivity index is 2.14. The maximum absolute atomic E-state index is 12.9. The Morgan fingerprint density at radius 1 is 1.10 bits per heavy atom. The van der Waals surface area contributed by atoms with Gasteiger partial charge in [0.2, 0.25) is 5.91 Å². The molecule has 0 saturated carbocycles. The van der Waals surface area contributed by atoms with Crippen LogP contribution in [0.4, 0.5) is 5.69 Å². The van der Waals surface area contributed by atoms with Crippen LogP contribution in [-0.4, -0.2) is 47.4 Å². The van der Waals surface area contributed by atoms with Gasteiger partial charge in [-0.3, -0.25) is 9.59 Å². The smallest absolute Gasteiger partial charge is 0.340 e. The van der Waals surface area contributed by atoms with Gasteiger partial charge in [0.1, 0.15) is 5.69 Å². The number of aromatic amines is 1.